The van der Waals surface area contributed by atoms with Crippen LogP contribution in [0.1, 0.15) is 43.7 Å². The zero-order valence-corrected chi connectivity index (χ0v) is 18.3. The number of hydrogen-bond donors (Lipinski definition) is 2. The van der Waals surface area contributed by atoms with E-state index < -0.39 is 18.3 Å². The second-order valence-corrected chi connectivity index (χ2v) is 9.56. The molecule has 3 atom stereocenters. The van der Waals surface area contributed by atoms with Crippen LogP contribution in [0.15, 0.2) is 35.9 Å². The fourth-order valence-electron chi connectivity index (χ4n) is 4.22. The number of likely N-dealkylation sites (tertiary alicyclic amines) is 1. The van der Waals surface area contributed by atoms with Gasteiger partial charge in [0.05, 0.1) is 18.6 Å². The number of rotatable bonds is 6. The minimum absolute atomic E-state index is 0.0155. The SMILES string of the molecule is CNC(=O)N1C[C@H](F)[C@H](NSC2CC2)[C@@H]1Cc1cccc(C2=CCCC(C)=C2)c1F. The molecule has 30 heavy (non-hydrogen) atoms. The number of urea groups is 1. The van der Waals surface area contributed by atoms with Crippen molar-refractivity contribution in [1.29, 1.82) is 0 Å². The van der Waals surface area contributed by atoms with Gasteiger partial charge in [-0.2, -0.15) is 0 Å². The van der Waals surface area contributed by atoms with Crippen LogP contribution < -0.4 is 10.0 Å². The minimum Gasteiger partial charge on any atom is -0.341 e. The third kappa shape index (κ3) is 4.57. The maximum absolute atomic E-state index is 15.5. The quantitative estimate of drug-likeness (QED) is 0.644. The molecule has 2 N–H and O–H groups in total. The second kappa shape index (κ2) is 9.10. The Labute approximate surface area is 181 Å². The van der Waals surface area contributed by atoms with Crippen molar-refractivity contribution in [2.24, 2.45) is 0 Å². The van der Waals surface area contributed by atoms with Gasteiger partial charge in [-0.05, 0) is 50.2 Å². The summed E-state index contributed by atoms with van der Waals surface area (Å²) in [5, 5.41) is 3.11. The van der Waals surface area contributed by atoms with E-state index in [2.05, 4.69) is 23.0 Å². The predicted molar refractivity (Wildman–Crippen MR) is 118 cm³/mol. The smallest absolute Gasteiger partial charge is 0.317 e. The fraction of sp³-hybridized carbons (Fsp3) is 0.522. The highest BCUT2D eigenvalue weighted by Crippen LogP contribution is 2.35. The number of hydrogen-bond acceptors (Lipinski definition) is 3. The lowest BCUT2D eigenvalue weighted by Gasteiger charge is -2.28. The molecule has 2 amide bonds. The van der Waals surface area contributed by atoms with Gasteiger partial charge in [0.25, 0.3) is 0 Å². The number of carbonyl (C=O) groups excluding carboxylic acids is 1. The van der Waals surface area contributed by atoms with Gasteiger partial charge in [-0.15, -0.1) is 0 Å². The summed E-state index contributed by atoms with van der Waals surface area (Å²) in [5.74, 6) is -0.275. The molecule has 3 aliphatic rings. The number of halogens is 2. The lowest BCUT2D eigenvalue weighted by molar-refractivity contribution is 0.190. The Bertz CT molecular complexity index is 868. The van der Waals surface area contributed by atoms with E-state index in [1.807, 2.05) is 12.1 Å². The number of benzene rings is 1. The zero-order chi connectivity index (χ0) is 21.3. The monoisotopic (exact) mass is 433 g/mol. The van der Waals surface area contributed by atoms with E-state index in [9.17, 15) is 9.18 Å². The van der Waals surface area contributed by atoms with E-state index in [0.29, 0.717) is 16.4 Å². The van der Waals surface area contributed by atoms with Crippen LogP contribution in [0.2, 0.25) is 0 Å². The molecule has 0 aromatic heterocycles. The first-order valence-electron chi connectivity index (χ1n) is 10.7. The number of nitrogens with zero attached hydrogens (tertiary/aromatic N) is 1. The molecule has 0 spiro atoms. The lowest BCUT2D eigenvalue weighted by Crippen LogP contribution is -2.48. The van der Waals surface area contributed by atoms with Crippen LogP contribution in [0.3, 0.4) is 0 Å². The van der Waals surface area contributed by atoms with E-state index in [1.54, 1.807) is 24.1 Å². The summed E-state index contributed by atoms with van der Waals surface area (Å²) in [5.41, 5.74) is 3.22. The van der Waals surface area contributed by atoms with Crippen molar-refractivity contribution in [3.05, 3.63) is 52.9 Å². The van der Waals surface area contributed by atoms with E-state index in [0.717, 1.165) is 31.3 Å². The zero-order valence-electron chi connectivity index (χ0n) is 17.5. The molecule has 1 heterocycles. The van der Waals surface area contributed by atoms with E-state index in [-0.39, 0.29) is 24.8 Å². The molecule has 7 heteroatoms. The Hall–Kier alpha value is -1.86. The Morgan fingerprint density at radius 3 is 2.83 bits per heavy atom. The third-order valence-corrected chi connectivity index (χ3v) is 7.28. The number of alkyl halides is 1. The Morgan fingerprint density at radius 2 is 2.13 bits per heavy atom. The van der Waals surface area contributed by atoms with Crippen molar-refractivity contribution < 1.29 is 13.6 Å². The summed E-state index contributed by atoms with van der Waals surface area (Å²) in [6, 6.07) is 4.09. The third-order valence-electron chi connectivity index (χ3n) is 6.07. The molecule has 2 fully saturated rings. The summed E-state index contributed by atoms with van der Waals surface area (Å²) in [4.78, 5) is 13.9. The van der Waals surface area contributed by atoms with Gasteiger partial charge in [-0.1, -0.05) is 47.9 Å². The van der Waals surface area contributed by atoms with Gasteiger partial charge in [-0.25, -0.2) is 13.6 Å². The van der Waals surface area contributed by atoms with Gasteiger partial charge in [0.2, 0.25) is 0 Å². The largest absolute Gasteiger partial charge is 0.341 e. The summed E-state index contributed by atoms with van der Waals surface area (Å²) >= 11 is 1.55. The normalized spacial score (nSPS) is 26.4. The molecular weight excluding hydrogens is 404 g/mol. The summed E-state index contributed by atoms with van der Waals surface area (Å²) in [7, 11) is 1.54. The number of nitrogens with one attached hydrogen (secondary N) is 2. The highest BCUT2D eigenvalue weighted by Gasteiger charge is 2.45. The van der Waals surface area contributed by atoms with E-state index >= 15 is 4.39 Å². The molecule has 1 aliphatic heterocycles. The first-order chi connectivity index (χ1) is 14.5. The van der Waals surface area contributed by atoms with Gasteiger partial charge in [-0.3, -0.25) is 4.72 Å². The maximum Gasteiger partial charge on any atom is 0.317 e. The van der Waals surface area contributed by atoms with Crippen LogP contribution in [-0.2, 0) is 6.42 Å². The Balaban J connectivity index is 1.60. The molecule has 1 saturated heterocycles. The average molecular weight is 434 g/mol. The van der Waals surface area contributed by atoms with Crippen molar-refractivity contribution in [3.8, 4) is 0 Å². The molecule has 1 aromatic carbocycles. The highest BCUT2D eigenvalue weighted by molar-refractivity contribution is 7.98. The predicted octanol–water partition coefficient (Wildman–Crippen LogP) is 4.62. The van der Waals surface area contributed by atoms with E-state index in [1.165, 1.54) is 17.5 Å². The van der Waals surface area contributed by atoms with Crippen LogP contribution in [0.4, 0.5) is 13.6 Å². The van der Waals surface area contributed by atoms with E-state index in [4.69, 9.17) is 0 Å². The first-order valence-corrected chi connectivity index (χ1v) is 11.5. The fourth-order valence-corrected chi connectivity index (χ4v) is 5.25. The van der Waals surface area contributed by atoms with Gasteiger partial charge in [0, 0.05) is 17.9 Å². The van der Waals surface area contributed by atoms with Gasteiger partial charge < -0.3 is 10.2 Å². The van der Waals surface area contributed by atoms with Crippen molar-refractivity contribution in [2.75, 3.05) is 13.6 Å². The first kappa shape index (κ1) is 21.4. The number of carbonyl (C=O) groups is 1. The van der Waals surface area contributed by atoms with Crippen LogP contribution >= 0.6 is 11.9 Å². The van der Waals surface area contributed by atoms with Gasteiger partial charge >= 0.3 is 6.03 Å². The molecule has 4 rings (SSSR count). The molecule has 0 radical (unpaired) electrons. The molecule has 1 aromatic rings. The van der Waals surface area contributed by atoms with Crippen molar-refractivity contribution in [3.63, 3.8) is 0 Å². The van der Waals surface area contributed by atoms with Crippen LogP contribution in [0.5, 0.6) is 0 Å². The highest BCUT2D eigenvalue weighted by atomic mass is 32.2. The van der Waals surface area contributed by atoms with Crippen LogP contribution in [0.25, 0.3) is 5.57 Å². The molecule has 1 saturated carbocycles. The number of amides is 2. The van der Waals surface area contributed by atoms with Gasteiger partial charge in [0.1, 0.15) is 12.0 Å². The summed E-state index contributed by atoms with van der Waals surface area (Å²) in [6.45, 7) is 2.07. The maximum atomic E-state index is 15.5. The topological polar surface area (TPSA) is 44.4 Å². The average Bonchev–Trinajstić information content (AvgIpc) is 3.51. The Morgan fingerprint density at radius 1 is 1.33 bits per heavy atom. The Kier molecular flexibility index (Phi) is 6.48. The van der Waals surface area contributed by atoms with Gasteiger partial charge in [0.15, 0.2) is 0 Å². The second-order valence-electron chi connectivity index (χ2n) is 8.42. The molecule has 4 nitrogen and oxygen atoms in total. The standard InChI is InChI=1S/C23H29F2N3OS/c1-14-5-3-6-15(11-14)18-8-4-7-16(21(18)25)12-20-22(27-30-17-9-10-17)19(24)13-28(20)23(29)26-2/h4,6-8,11,17,19-20,22,27H,3,5,9-10,12-13H2,1-2H3,(H,26,29)/t19-,20-,22-/m0/s1. The van der Waals surface area contributed by atoms with Crippen molar-refractivity contribution >= 4 is 23.6 Å². The van der Waals surface area contributed by atoms with Crippen LogP contribution in [0, 0.1) is 5.82 Å². The molecular formula is C23H29F2N3OS. The molecule has 0 bridgehead atoms. The van der Waals surface area contributed by atoms with Crippen LogP contribution in [-0.4, -0.2) is 48.0 Å². The molecule has 0 unspecified atom stereocenters. The molecule has 2 aliphatic carbocycles. The van der Waals surface area contributed by atoms with Crippen molar-refractivity contribution in [2.45, 2.75) is 62.5 Å². The molecule has 162 valence electrons. The minimum atomic E-state index is -1.18. The van der Waals surface area contributed by atoms with Crippen molar-refractivity contribution in [1.82, 2.24) is 14.9 Å². The number of allylic oxidation sites excluding steroid dienone is 4. The summed E-state index contributed by atoms with van der Waals surface area (Å²) < 4.78 is 33.6. The summed E-state index contributed by atoms with van der Waals surface area (Å²) in [6.07, 6.45) is 7.35. The lowest BCUT2D eigenvalue weighted by atomic mass is 9.92.